The van der Waals surface area contributed by atoms with Crippen LogP contribution in [0.2, 0.25) is 0 Å². The molecule has 0 saturated carbocycles. The predicted molar refractivity (Wildman–Crippen MR) is 91.4 cm³/mol. The SMILES string of the molecule is CC1CCCCN1CCC(=O)Nc1ccc(CS(N)(=O)=O)cc1. The van der Waals surface area contributed by atoms with Gasteiger partial charge in [-0.15, -0.1) is 0 Å². The van der Waals surface area contributed by atoms with Gasteiger partial charge in [-0.25, -0.2) is 13.6 Å². The second-order valence-corrected chi connectivity index (χ2v) is 7.80. The lowest BCUT2D eigenvalue weighted by molar-refractivity contribution is -0.116. The summed E-state index contributed by atoms with van der Waals surface area (Å²) in [6.45, 7) is 4.05. The summed E-state index contributed by atoms with van der Waals surface area (Å²) in [7, 11) is -3.53. The summed E-state index contributed by atoms with van der Waals surface area (Å²) in [5, 5.41) is 7.85. The molecule has 0 bridgehead atoms. The van der Waals surface area contributed by atoms with Gasteiger partial charge in [-0.05, 0) is 44.0 Å². The summed E-state index contributed by atoms with van der Waals surface area (Å²) < 4.78 is 22.1. The van der Waals surface area contributed by atoms with Crippen molar-refractivity contribution < 1.29 is 13.2 Å². The molecule has 1 amide bonds. The van der Waals surface area contributed by atoms with Crippen molar-refractivity contribution in [3.8, 4) is 0 Å². The highest BCUT2D eigenvalue weighted by molar-refractivity contribution is 7.88. The predicted octanol–water partition coefficient (Wildman–Crippen LogP) is 1.68. The van der Waals surface area contributed by atoms with Gasteiger partial charge in [0.2, 0.25) is 15.9 Å². The molecule has 0 aliphatic carbocycles. The van der Waals surface area contributed by atoms with Crippen molar-refractivity contribution in [3.63, 3.8) is 0 Å². The molecule has 1 aliphatic heterocycles. The molecule has 1 unspecified atom stereocenters. The van der Waals surface area contributed by atoms with E-state index < -0.39 is 10.0 Å². The third kappa shape index (κ3) is 6.29. The zero-order chi connectivity index (χ0) is 16.9. The van der Waals surface area contributed by atoms with E-state index in [1.165, 1.54) is 19.3 Å². The van der Waals surface area contributed by atoms with Crippen molar-refractivity contribution in [3.05, 3.63) is 29.8 Å². The second-order valence-electron chi connectivity index (χ2n) is 6.18. The number of nitrogens with one attached hydrogen (secondary N) is 1. The van der Waals surface area contributed by atoms with Gasteiger partial charge in [0.25, 0.3) is 0 Å². The summed E-state index contributed by atoms with van der Waals surface area (Å²) in [4.78, 5) is 14.4. The molecule has 1 aromatic rings. The number of benzene rings is 1. The normalized spacial score (nSPS) is 19.5. The number of nitrogens with two attached hydrogens (primary N) is 1. The Morgan fingerprint density at radius 1 is 1.30 bits per heavy atom. The van der Waals surface area contributed by atoms with Crippen molar-refractivity contribution in [1.29, 1.82) is 0 Å². The largest absolute Gasteiger partial charge is 0.326 e. The first-order chi connectivity index (χ1) is 10.8. The molecule has 1 heterocycles. The van der Waals surface area contributed by atoms with Crippen LogP contribution in [-0.4, -0.2) is 38.4 Å². The van der Waals surface area contributed by atoms with Gasteiger partial charge in [-0.3, -0.25) is 4.79 Å². The number of rotatable bonds is 6. The Morgan fingerprint density at radius 3 is 2.61 bits per heavy atom. The van der Waals surface area contributed by atoms with Gasteiger partial charge in [-0.2, -0.15) is 0 Å². The van der Waals surface area contributed by atoms with Crippen molar-refractivity contribution in [2.45, 2.75) is 44.4 Å². The van der Waals surface area contributed by atoms with E-state index >= 15 is 0 Å². The van der Waals surface area contributed by atoms with E-state index in [1.54, 1.807) is 24.3 Å². The lowest BCUT2D eigenvalue weighted by Gasteiger charge is -2.33. The number of nitrogens with zero attached hydrogens (tertiary/aromatic N) is 1. The van der Waals surface area contributed by atoms with Gasteiger partial charge < -0.3 is 10.2 Å². The van der Waals surface area contributed by atoms with E-state index in [4.69, 9.17) is 5.14 Å². The van der Waals surface area contributed by atoms with E-state index in [0.717, 1.165) is 13.1 Å². The minimum Gasteiger partial charge on any atom is -0.326 e. The Morgan fingerprint density at radius 2 is 2.00 bits per heavy atom. The van der Waals surface area contributed by atoms with Gasteiger partial charge in [0, 0.05) is 24.7 Å². The third-order valence-electron chi connectivity index (χ3n) is 4.17. The van der Waals surface area contributed by atoms with Crippen LogP contribution in [0.15, 0.2) is 24.3 Å². The molecular weight excluding hydrogens is 314 g/mol. The maximum atomic E-state index is 12.0. The molecule has 0 radical (unpaired) electrons. The topological polar surface area (TPSA) is 92.5 Å². The molecule has 23 heavy (non-hydrogen) atoms. The van der Waals surface area contributed by atoms with Crippen LogP contribution in [0.25, 0.3) is 0 Å². The molecule has 1 saturated heterocycles. The molecule has 1 aromatic carbocycles. The number of primary sulfonamides is 1. The Bertz CT molecular complexity index is 628. The maximum absolute atomic E-state index is 12.0. The number of anilines is 1. The first-order valence-electron chi connectivity index (χ1n) is 7.97. The maximum Gasteiger partial charge on any atom is 0.225 e. The summed E-state index contributed by atoms with van der Waals surface area (Å²) in [5.74, 6) is -0.226. The molecule has 1 fully saturated rings. The molecule has 2 rings (SSSR count). The van der Waals surface area contributed by atoms with Crippen LogP contribution in [0.3, 0.4) is 0 Å². The number of carbonyl (C=O) groups is 1. The number of carbonyl (C=O) groups excluding carboxylic acids is 1. The summed E-state index contributed by atoms with van der Waals surface area (Å²) in [6, 6.07) is 7.26. The smallest absolute Gasteiger partial charge is 0.225 e. The van der Waals surface area contributed by atoms with Crippen LogP contribution in [0.4, 0.5) is 5.69 Å². The van der Waals surface area contributed by atoms with Crippen LogP contribution < -0.4 is 10.5 Å². The fourth-order valence-electron chi connectivity index (χ4n) is 2.88. The second kappa shape index (κ2) is 7.90. The summed E-state index contributed by atoms with van der Waals surface area (Å²) in [5.41, 5.74) is 1.27. The number of hydrogen-bond acceptors (Lipinski definition) is 4. The number of hydrogen-bond donors (Lipinski definition) is 2. The molecule has 1 atom stereocenters. The van der Waals surface area contributed by atoms with E-state index in [2.05, 4.69) is 17.1 Å². The standard InChI is InChI=1S/C16H25N3O3S/c1-13-4-2-3-10-19(13)11-9-16(20)18-15-7-5-14(6-8-15)12-23(17,21)22/h5-8,13H,2-4,9-12H2,1H3,(H,18,20)(H2,17,21,22). The minimum absolute atomic E-state index is 0.0260. The monoisotopic (exact) mass is 339 g/mol. The van der Waals surface area contributed by atoms with Crippen LogP contribution in [0, 0.1) is 0 Å². The van der Waals surface area contributed by atoms with Gasteiger partial charge >= 0.3 is 0 Å². The van der Waals surface area contributed by atoms with Gasteiger partial charge in [0.05, 0.1) is 5.75 Å². The number of sulfonamides is 1. The van der Waals surface area contributed by atoms with Crippen LogP contribution >= 0.6 is 0 Å². The molecule has 6 nitrogen and oxygen atoms in total. The number of piperidine rings is 1. The number of likely N-dealkylation sites (tertiary alicyclic amines) is 1. The third-order valence-corrected chi connectivity index (χ3v) is 4.91. The van der Waals surface area contributed by atoms with E-state index in [1.807, 2.05) is 0 Å². The van der Waals surface area contributed by atoms with Crippen molar-refractivity contribution in [2.75, 3.05) is 18.4 Å². The van der Waals surface area contributed by atoms with Crippen LogP contribution in [-0.2, 0) is 20.6 Å². The fraction of sp³-hybridized carbons (Fsp3) is 0.562. The van der Waals surface area contributed by atoms with Crippen molar-refractivity contribution in [1.82, 2.24) is 4.90 Å². The highest BCUT2D eigenvalue weighted by atomic mass is 32.2. The zero-order valence-electron chi connectivity index (χ0n) is 13.5. The Hall–Kier alpha value is -1.44. The van der Waals surface area contributed by atoms with E-state index in [9.17, 15) is 13.2 Å². The van der Waals surface area contributed by atoms with Gasteiger partial charge in [0.15, 0.2) is 0 Å². The fourth-order valence-corrected chi connectivity index (χ4v) is 3.53. The average Bonchev–Trinajstić information content (AvgIpc) is 2.47. The zero-order valence-corrected chi connectivity index (χ0v) is 14.3. The van der Waals surface area contributed by atoms with Crippen LogP contribution in [0.5, 0.6) is 0 Å². The summed E-state index contributed by atoms with van der Waals surface area (Å²) in [6.07, 6.45) is 4.14. The Labute approximate surface area is 138 Å². The molecular formula is C16H25N3O3S. The first-order valence-corrected chi connectivity index (χ1v) is 9.68. The highest BCUT2D eigenvalue weighted by Gasteiger charge is 2.18. The Balaban J connectivity index is 1.80. The molecule has 0 spiro atoms. The van der Waals surface area contributed by atoms with Crippen LogP contribution in [0.1, 0.15) is 38.2 Å². The van der Waals surface area contributed by atoms with Gasteiger partial charge in [0.1, 0.15) is 0 Å². The molecule has 7 heteroatoms. The summed E-state index contributed by atoms with van der Waals surface area (Å²) >= 11 is 0. The quantitative estimate of drug-likeness (QED) is 0.825. The molecule has 0 aromatic heterocycles. The van der Waals surface area contributed by atoms with Gasteiger partial charge in [-0.1, -0.05) is 18.6 Å². The molecule has 1 aliphatic rings. The Kier molecular flexibility index (Phi) is 6.15. The molecule has 3 N–H and O–H groups in total. The first kappa shape index (κ1) is 17.9. The minimum atomic E-state index is -3.53. The van der Waals surface area contributed by atoms with Crippen molar-refractivity contribution in [2.24, 2.45) is 5.14 Å². The number of amides is 1. The highest BCUT2D eigenvalue weighted by Crippen LogP contribution is 2.17. The lowest BCUT2D eigenvalue weighted by Crippen LogP contribution is -2.39. The van der Waals surface area contributed by atoms with E-state index in [0.29, 0.717) is 23.7 Å². The average molecular weight is 339 g/mol. The lowest BCUT2D eigenvalue weighted by atomic mass is 10.0. The molecule has 128 valence electrons. The van der Waals surface area contributed by atoms with E-state index in [-0.39, 0.29) is 11.7 Å². The van der Waals surface area contributed by atoms with Crippen molar-refractivity contribution >= 4 is 21.6 Å².